The second kappa shape index (κ2) is 8.14. The molecule has 0 heterocycles. The van der Waals surface area contributed by atoms with Crippen LogP contribution in [0, 0.1) is 0 Å². The Morgan fingerprint density at radius 2 is 1.62 bits per heavy atom. The van der Waals surface area contributed by atoms with E-state index < -0.39 is 41.4 Å². The summed E-state index contributed by atoms with van der Waals surface area (Å²) in [6, 6.07) is 5.96. The average molecular weight is 420 g/mol. The molecule has 0 radical (unpaired) electrons. The van der Waals surface area contributed by atoms with Gasteiger partial charge < -0.3 is 19.3 Å². The van der Waals surface area contributed by atoms with Gasteiger partial charge in [-0.2, -0.15) is 22.0 Å². The molecule has 0 aromatic heterocycles. The van der Waals surface area contributed by atoms with Crippen molar-refractivity contribution in [2.75, 3.05) is 0 Å². The summed E-state index contributed by atoms with van der Waals surface area (Å²) in [5, 5.41) is 8.91. The fraction of sp³-hybridized carbons (Fsp3) is 0.316. The van der Waals surface area contributed by atoms with Crippen LogP contribution >= 0.6 is 0 Å². The van der Waals surface area contributed by atoms with Crippen molar-refractivity contribution in [2.45, 2.75) is 39.0 Å². The Bertz CT molecular complexity index is 888. The number of carboxylic acid groups (broad SMARTS) is 1. The van der Waals surface area contributed by atoms with Crippen LogP contribution in [0.4, 0.5) is 26.7 Å². The Morgan fingerprint density at radius 3 is 2.14 bits per heavy atom. The summed E-state index contributed by atoms with van der Waals surface area (Å²) in [4.78, 5) is 11.0. The quantitative estimate of drug-likeness (QED) is 0.342. The van der Waals surface area contributed by atoms with E-state index in [9.17, 15) is 26.7 Å². The fourth-order valence-electron chi connectivity index (χ4n) is 2.45. The third-order valence-corrected chi connectivity index (χ3v) is 3.67. The molecule has 2 aromatic carbocycles. The van der Waals surface area contributed by atoms with Crippen LogP contribution in [0.1, 0.15) is 31.9 Å². The molecule has 0 aliphatic rings. The predicted octanol–water partition coefficient (Wildman–Crippen LogP) is 6.45. The highest BCUT2D eigenvalue weighted by Gasteiger charge is 2.32. The van der Waals surface area contributed by atoms with Gasteiger partial charge in [0.25, 0.3) is 0 Å². The van der Waals surface area contributed by atoms with Gasteiger partial charge in [-0.3, -0.25) is 0 Å². The molecule has 0 spiro atoms. The number of ether oxygens (including phenoxy) is 3. The second-order valence-electron chi connectivity index (χ2n) is 6.92. The highest BCUT2D eigenvalue weighted by Crippen LogP contribution is 2.41. The Morgan fingerprint density at radius 1 is 0.966 bits per heavy atom. The van der Waals surface area contributed by atoms with Crippen molar-refractivity contribution in [3.63, 3.8) is 0 Å². The third-order valence-electron chi connectivity index (χ3n) is 3.67. The maximum atomic E-state index is 12.8. The first kappa shape index (κ1) is 22.3. The molecular weight excluding hydrogens is 403 g/mol. The number of hydrogen-bond donors (Lipinski definition) is 1. The van der Waals surface area contributed by atoms with Crippen molar-refractivity contribution >= 4 is 6.16 Å². The molecule has 0 amide bonds. The van der Waals surface area contributed by atoms with Crippen LogP contribution < -0.4 is 14.2 Å². The van der Waals surface area contributed by atoms with Crippen molar-refractivity contribution in [3.8, 4) is 23.0 Å². The van der Waals surface area contributed by atoms with Gasteiger partial charge in [0.2, 0.25) is 0 Å². The topological polar surface area (TPSA) is 65.0 Å². The Labute approximate surface area is 162 Å². The van der Waals surface area contributed by atoms with Crippen LogP contribution in [0.25, 0.3) is 0 Å². The van der Waals surface area contributed by atoms with Gasteiger partial charge in [0.1, 0.15) is 11.5 Å². The normalized spacial score (nSPS) is 12.0. The maximum Gasteiger partial charge on any atom is 0.511 e. The minimum absolute atomic E-state index is 0.0480. The first-order valence-electron chi connectivity index (χ1n) is 8.16. The number of alkyl halides is 5. The van der Waals surface area contributed by atoms with Gasteiger partial charge in [-0.25, -0.2) is 4.79 Å². The van der Waals surface area contributed by atoms with Gasteiger partial charge in [0.05, 0.1) is 5.56 Å². The summed E-state index contributed by atoms with van der Waals surface area (Å²) in [5.41, 5.74) is -1.18. The fourth-order valence-corrected chi connectivity index (χ4v) is 2.45. The molecule has 5 nitrogen and oxygen atoms in total. The van der Waals surface area contributed by atoms with Crippen LogP contribution in [0.5, 0.6) is 23.0 Å². The molecule has 10 heteroatoms. The first-order valence-corrected chi connectivity index (χ1v) is 8.16. The van der Waals surface area contributed by atoms with Gasteiger partial charge in [0.15, 0.2) is 11.5 Å². The zero-order chi connectivity index (χ0) is 22.0. The summed E-state index contributed by atoms with van der Waals surface area (Å²) in [6.45, 7) is 2.04. The highest BCUT2D eigenvalue weighted by atomic mass is 19.4. The van der Waals surface area contributed by atoms with Crippen LogP contribution in [0.2, 0.25) is 0 Å². The van der Waals surface area contributed by atoms with Crippen molar-refractivity contribution in [1.82, 2.24) is 0 Å². The molecule has 0 fully saturated rings. The molecular formula is C19H17F5O5. The minimum atomic E-state index is -4.77. The van der Waals surface area contributed by atoms with Crippen molar-refractivity contribution < 1.29 is 46.1 Å². The van der Waals surface area contributed by atoms with Crippen molar-refractivity contribution in [1.29, 1.82) is 0 Å². The van der Waals surface area contributed by atoms with E-state index in [1.54, 1.807) is 0 Å². The standard InChI is InChI=1S/C19H17F5O5/c1-18(2,3)12-6-5-11(9-14(12)29-17(25)26)27-13-7-4-10(19(22,23)24)8-15(13)28-16(20)21/h4-9,16H,1-3H3,(H,25,26). The van der Waals surface area contributed by atoms with Crippen LogP contribution in [-0.4, -0.2) is 17.9 Å². The van der Waals surface area contributed by atoms with E-state index in [0.717, 1.165) is 6.07 Å². The Balaban J connectivity index is 2.45. The van der Waals surface area contributed by atoms with Crippen LogP contribution in [0.15, 0.2) is 36.4 Å². The summed E-state index contributed by atoms with van der Waals surface area (Å²) < 4.78 is 78.0. The third kappa shape index (κ3) is 5.97. The summed E-state index contributed by atoms with van der Waals surface area (Å²) in [7, 11) is 0. The van der Waals surface area contributed by atoms with Gasteiger partial charge in [0, 0.05) is 11.6 Å². The monoisotopic (exact) mass is 420 g/mol. The zero-order valence-corrected chi connectivity index (χ0v) is 15.5. The van der Waals surface area contributed by atoms with E-state index >= 15 is 0 Å². The van der Waals surface area contributed by atoms with Gasteiger partial charge in [-0.15, -0.1) is 0 Å². The Hall–Kier alpha value is -3.04. The smallest absolute Gasteiger partial charge is 0.453 e. The lowest BCUT2D eigenvalue weighted by atomic mass is 9.86. The highest BCUT2D eigenvalue weighted by molar-refractivity contribution is 5.63. The molecule has 0 unspecified atom stereocenters. The molecule has 0 aliphatic carbocycles. The zero-order valence-electron chi connectivity index (χ0n) is 15.5. The molecule has 29 heavy (non-hydrogen) atoms. The molecule has 1 N–H and O–H groups in total. The molecule has 0 saturated heterocycles. The number of hydrogen-bond acceptors (Lipinski definition) is 4. The summed E-state index contributed by atoms with van der Waals surface area (Å²) in [5.74, 6) is -1.35. The number of rotatable bonds is 5. The average Bonchev–Trinajstić information content (AvgIpc) is 2.53. The van der Waals surface area contributed by atoms with E-state index in [1.165, 1.54) is 18.2 Å². The number of carbonyl (C=O) groups is 1. The number of benzene rings is 2. The largest absolute Gasteiger partial charge is 0.511 e. The van der Waals surface area contributed by atoms with Crippen LogP contribution in [0.3, 0.4) is 0 Å². The summed E-state index contributed by atoms with van der Waals surface area (Å²) >= 11 is 0. The maximum absolute atomic E-state index is 12.8. The van der Waals surface area contributed by atoms with E-state index in [1.807, 2.05) is 20.8 Å². The molecule has 2 rings (SSSR count). The van der Waals surface area contributed by atoms with E-state index in [4.69, 9.17) is 14.6 Å². The van der Waals surface area contributed by atoms with E-state index in [0.29, 0.717) is 17.7 Å². The SMILES string of the molecule is CC(C)(C)c1ccc(Oc2ccc(C(F)(F)F)cc2OC(F)F)cc1OC(=O)O. The molecule has 0 bridgehead atoms. The molecule has 0 saturated carbocycles. The lowest BCUT2D eigenvalue weighted by Gasteiger charge is -2.22. The second-order valence-corrected chi connectivity index (χ2v) is 6.92. The Kier molecular flexibility index (Phi) is 6.24. The molecule has 2 aromatic rings. The lowest BCUT2D eigenvalue weighted by Crippen LogP contribution is -2.15. The number of halogens is 5. The van der Waals surface area contributed by atoms with Gasteiger partial charge >= 0.3 is 18.9 Å². The van der Waals surface area contributed by atoms with Crippen LogP contribution in [-0.2, 0) is 11.6 Å². The summed E-state index contributed by atoms with van der Waals surface area (Å²) in [6.07, 6.45) is -6.35. The predicted molar refractivity (Wildman–Crippen MR) is 91.9 cm³/mol. The lowest BCUT2D eigenvalue weighted by molar-refractivity contribution is -0.138. The minimum Gasteiger partial charge on any atom is -0.453 e. The molecule has 0 atom stereocenters. The van der Waals surface area contributed by atoms with E-state index in [-0.39, 0.29) is 11.5 Å². The van der Waals surface area contributed by atoms with Gasteiger partial charge in [-0.05, 0) is 29.7 Å². The first-order chi connectivity index (χ1) is 13.3. The molecule has 0 aliphatic heterocycles. The van der Waals surface area contributed by atoms with Gasteiger partial charge in [-0.1, -0.05) is 26.8 Å². The van der Waals surface area contributed by atoms with Crippen molar-refractivity contribution in [2.24, 2.45) is 0 Å². The van der Waals surface area contributed by atoms with E-state index in [2.05, 4.69) is 4.74 Å². The molecule has 158 valence electrons. The van der Waals surface area contributed by atoms with Crippen molar-refractivity contribution in [3.05, 3.63) is 47.5 Å².